The fraction of sp³-hybridized carbons (Fsp3) is 0.556. The van der Waals surface area contributed by atoms with Crippen LogP contribution < -0.4 is 0 Å². The first-order chi connectivity index (χ1) is 9.77. The van der Waals surface area contributed by atoms with Gasteiger partial charge in [0.25, 0.3) is 0 Å². The number of unbranched alkanes of at least 4 members (excludes halogenated alkanes) is 5. The van der Waals surface area contributed by atoms with E-state index in [1.165, 1.54) is 12.8 Å². The van der Waals surface area contributed by atoms with E-state index in [-0.39, 0.29) is 0 Å². The quantitative estimate of drug-likeness (QED) is 0.293. The Morgan fingerprint density at radius 3 is 2.45 bits per heavy atom. The molecular weight excluding hydrogens is 248 g/mol. The highest BCUT2D eigenvalue weighted by Crippen LogP contribution is 2.07. The molecule has 0 fully saturated rings. The van der Waals surface area contributed by atoms with Gasteiger partial charge in [0.2, 0.25) is 0 Å². The molecule has 0 aromatic rings. The van der Waals surface area contributed by atoms with E-state index in [9.17, 15) is 4.79 Å². The summed E-state index contributed by atoms with van der Waals surface area (Å²) in [5.41, 5.74) is 3.19. The van der Waals surface area contributed by atoms with E-state index in [0.717, 1.165) is 38.5 Å². The first kappa shape index (κ1) is 18.5. The van der Waals surface area contributed by atoms with Crippen molar-refractivity contribution in [2.24, 2.45) is 0 Å². The van der Waals surface area contributed by atoms with Crippen LogP contribution in [0.3, 0.4) is 0 Å². The van der Waals surface area contributed by atoms with Crippen LogP contribution in [0.15, 0.2) is 42.2 Å². The van der Waals surface area contributed by atoms with Crippen molar-refractivity contribution in [1.82, 2.24) is 0 Å². The van der Waals surface area contributed by atoms with Gasteiger partial charge in [0.05, 0.1) is 0 Å². The SMILES string of the molecule is CCC=CC=CCC=C=CCCCCCCCC(=O)O. The first-order valence-corrected chi connectivity index (χ1v) is 7.70. The Bertz CT molecular complexity index is 344. The van der Waals surface area contributed by atoms with Gasteiger partial charge in [0.1, 0.15) is 0 Å². The topological polar surface area (TPSA) is 37.3 Å². The zero-order chi connectivity index (χ0) is 14.9. The summed E-state index contributed by atoms with van der Waals surface area (Å²) in [6.45, 7) is 2.12. The number of hydrogen-bond acceptors (Lipinski definition) is 1. The van der Waals surface area contributed by atoms with Gasteiger partial charge in [-0.05, 0) is 44.3 Å². The van der Waals surface area contributed by atoms with Gasteiger partial charge in [0, 0.05) is 6.42 Å². The minimum Gasteiger partial charge on any atom is -0.481 e. The second kappa shape index (κ2) is 15.5. The van der Waals surface area contributed by atoms with E-state index in [0.29, 0.717) is 6.42 Å². The molecule has 20 heavy (non-hydrogen) atoms. The average Bonchev–Trinajstić information content (AvgIpc) is 2.43. The summed E-state index contributed by atoms with van der Waals surface area (Å²) in [6.07, 6.45) is 21.2. The molecule has 0 heterocycles. The zero-order valence-electron chi connectivity index (χ0n) is 12.7. The summed E-state index contributed by atoms with van der Waals surface area (Å²) in [6, 6.07) is 0. The van der Waals surface area contributed by atoms with Crippen LogP contribution in [0.5, 0.6) is 0 Å². The molecule has 0 unspecified atom stereocenters. The molecule has 0 aliphatic heterocycles. The maximum atomic E-state index is 10.3. The van der Waals surface area contributed by atoms with Crippen LogP contribution in [0.2, 0.25) is 0 Å². The molecule has 0 spiro atoms. The summed E-state index contributed by atoms with van der Waals surface area (Å²) in [5.74, 6) is -0.683. The lowest BCUT2D eigenvalue weighted by Crippen LogP contribution is -1.93. The summed E-state index contributed by atoms with van der Waals surface area (Å²) in [4.78, 5) is 10.3. The largest absolute Gasteiger partial charge is 0.481 e. The van der Waals surface area contributed by atoms with Crippen molar-refractivity contribution in [2.75, 3.05) is 0 Å². The minimum atomic E-state index is -0.683. The van der Waals surface area contributed by atoms with E-state index >= 15 is 0 Å². The highest BCUT2D eigenvalue weighted by molar-refractivity contribution is 5.66. The van der Waals surface area contributed by atoms with Crippen LogP contribution >= 0.6 is 0 Å². The monoisotopic (exact) mass is 276 g/mol. The van der Waals surface area contributed by atoms with Gasteiger partial charge < -0.3 is 5.11 Å². The summed E-state index contributed by atoms with van der Waals surface area (Å²) in [7, 11) is 0. The van der Waals surface area contributed by atoms with E-state index in [1.54, 1.807) is 0 Å². The van der Waals surface area contributed by atoms with Crippen molar-refractivity contribution in [1.29, 1.82) is 0 Å². The second-order valence-corrected chi connectivity index (χ2v) is 4.78. The Morgan fingerprint density at radius 1 is 1.00 bits per heavy atom. The zero-order valence-corrected chi connectivity index (χ0v) is 12.7. The number of carbonyl (C=O) groups is 1. The van der Waals surface area contributed by atoms with E-state index in [4.69, 9.17) is 5.11 Å². The third-order valence-corrected chi connectivity index (χ3v) is 2.85. The van der Waals surface area contributed by atoms with Crippen molar-refractivity contribution in [3.63, 3.8) is 0 Å². The predicted octanol–water partition coefficient (Wildman–Crippen LogP) is 5.43. The van der Waals surface area contributed by atoms with Gasteiger partial charge in [-0.2, -0.15) is 0 Å². The van der Waals surface area contributed by atoms with Crippen LogP contribution in [0.25, 0.3) is 0 Å². The molecule has 1 N–H and O–H groups in total. The molecule has 0 bridgehead atoms. The Hall–Kier alpha value is -1.53. The standard InChI is InChI=1S/C18H28O2/c1-2-3-4-5-6-7-8-9-10-11-12-13-14-15-16-17-18(19)20/h3-6,8,10H,2,7,11-17H2,1H3,(H,19,20). The highest BCUT2D eigenvalue weighted by atomic mass is 16.4. The molecule has 0 aromatic carbocycles. The Balaban J connectivity index is 3.36. The smallest absolute Gasteiger partial charge is 0.303 e. The van der Waals surface area contributed by atoms with E-state index < -0.39 is 5.97 Å². The number of carboxylic acid groups (broad SMARTS) is 1. The van der Waals surface area contributed by atoms with Crippen LogP contribution in [0.1, 0.15) is 64.7 Å². The summed E-state index contributed by atoms with van der Waals surface area (Å²) in [5, 5.41) is 8.49. The molecule has 0 amide bonds. The molecule has 0 saturated carbocycles. The Morgan fingerprint density at radius 2 is 1.70 bits per heavy atom. The fourth-order valence-corrected chi connectivity index (χ4v) is 1.73. The third kappa shape index (κ3) is 16.5. The van der Waals surface area contributed by atoms with Crippen LogP contribution in [0.4, 0.5) is 0 Å². The maximum absolute atomic E-state index is 10.3. The van der Waals surface area contributed by atoms with Gasteiger partial charge in [-0.15, -0.1) is 5.73 Å². The van der Waals surface area contributed by atoms with Crippen LogP contribution in [-0.4, -0.2) is 11.1 Å². The second-order valence-electron chi connectivity index (χ2n) is 4.78. The molecule has 0 aromatic heterocycles. The van der Waals surface area contributed by atoms with Gasteiger partial charge in [-0.3, -0.25) is 4.79 Å². The molecule has 0 rings (SSSR count). The number of carboxylic acids is 1. The van der Waals surface area contributed by atoms with Gasteiger partial charge >= 0.3 is 5.97 Å². The van der Waals surface area contributed by atoms with Crippen LogP contribution in [-0.2, 0) is 4.79 Å². The van der Waals surface area contributed by atoms with Crippen molar-refractivity contribution in [3.05, 3.63) is 42.2 Å². The molecular formula is C18H28O2. The number of aliphatic carboxylic acids is 1. The molecule has 0 aliphatic carbocycles. The van der Waals surface area contributed by atoms with Crippen LogP contribution in [0, 0.1) is 0 Å². The van der Waals surface area contributed by atoms with E-state index in [2.05, 4.69) is 43.0 Å². The molecule has 0 aliphatic rings. The van der Waals surface area contributed by atoms with E-state index in [1.807, 2.05) is 6.08 Å². The highest BCUT2D eigenvalue weighted by Gasteiger charge is 1.95. The first-order valence-electron chi connectivity index (χ1n) is 7.70. The maximum Gasteiger partial charge on any atom is 0.303 e. The van der Waals surface area contributed by atoms with Crippen molar-refractivity contribution >= 4 is 5.97 Å². The lowest BCUT2D eigenvalue weighted by atomic mass is 10.1. The third-order valence-electron chi connectivity index (χ3n) is 2.85. The minimum absolute atomic E-state index is 0.309. The lowest BCUT2D eigenvalue weighted by molar-refractivity contribution is -0.137. The molecule has 2 heteroatoms. The average molecular weight is 276 g/mol. The number of allylic oxidation sites excluding steroid dienone is 5. The molecule has 2 nitrogen and oxygen atoms in total. The fourth-order valence-electron chi connectivity index (χ4n) is 1.73. The lowest BCUT2D eigenvalue weighted by Gasteiger charge is -1.97. The summed E-state index contributed by atoms with van der Waals surface area (Å²) >= 11 is 0. The number of hydrogen-bond donors (Lipinski definition) is 1. The van der Waals surface area contributed by atoms with Gasteiger partial charge in [-0.25, -0.2) is 0 Å². The number of rotatable bonds is 12. The summed E-state index contributed by atoms with van der Waals surface area (Å²) < 4.78 is 0. The van der Waals surface area contributed by atoms with Gasteiger partial charge in [-0.1, -0.05) is 50.5 Å². The van der Waals surface area contributed by atoms with Crippen molar-refractivity contribution < 1.29 is 9.90 Å². The van der Waals surface area contributed by atoms with Gasteiger partial charge in [0.15, 0.2) is 0 Å². The Kier molecular flexibility index (Phi) is 14.3. The Labute approximate surface area is 123 Å². The van der Waals surface area contributed by atoms with Crippen molar-refractivity contribution in [2.45, 2.75) is 64.7 Å². The molecule has 112 valence electrons. The molecule has 0 atom stereocenters. The molecule has 0 radical (unpaired) electrons. The predicted molar refractivity (Wildman–Crippen MR) is 85.8 cm³/mol. The normalized spacial score (nSPS) is 10.8. The molecule has 0 saturated heterocycles. The van der Waals surface area contributed by atoms with Crippen molar-refractivity contribution in [3.8, 4) is 0 Å².